The summed E-state index contributed by atoms with van der Waals surface area (Å²) in [6.45, 7) is 4.49. The van der Waals surface area contributed by atoms with E-state index >= 15 is 0 Å². The monoisotopic (exact) mass is 346 g/mol. The molecule has 124 valence electrons. The molecule has 0 saturated carbocycles. The highest BCUT2D eigenvalue weighted by Gasteiger charge is 2.31. The largest absolute Gasteiger partial charge is 0.321 e. The number of halogens is 2. The van der Waals surface area contributed by atoms with E-state index in [1.807, 2.05) is 23.2 Å². The molecule has 22 heavy (non-hydrogen) atoms. The second-order valence-electron chi connectivity index (χ2n) is 5.59. The molecule has 5 nitrogen and oxygen atoms in total. The van der Waals surface area contributed by atoms with Crippen LogP contribution < -0.4 is 5.32 Å². The average Bonchev–Trinajstić information content (AvgIpc) is 2.51. The van der Waals surface area contributed by atoms with Gasteiger partial charge in [-0.05, 0) is 44.0 Å². The Morgan fingerprint density at radius 2 is 2.00 bits per heavy atom. The Kier molecular flexibility index (Phi) is 7.93. The minimum Gasteiger partial charge on any atom is -0.321 e. The highest BCUT2D eigenvalue weighted by atomic mass is 35.5. The molecule has 0 unspecified atom stereocenters. The van der Waals surface area contributed by atoms with Crippen molar-refractivity contribution in [1.29, 1.82) is 0 Å². The average molecular weight is 347 g/mol. The summed E-state index contributed by atoms with van der Waals surface area (Å²) < 4.78 is 0. The molecule has 1 N–H and O–H groups in total. The lowest BCUT2D eigenvalue weighted by Crippen LogP contribution is -2.55. The minimum atomic E-state index is 0. The lowest BCUT2D eigenvalue weighted by molar-refractivity contribution is 0.0952. The molecule has 2 saturated heterocycles. The number of nitrogens with one attached hydrogen (secondary N) is 1. The van der Waals surface area contributed by atoms with Gasteiger partial charge in [-0.25, -0.2) is 4.79 Å². The number of amides is 2. The number of nitrogens with zero attached hydrogens (tertiary/aromatic N) is 3. The maximum atomic E-state index is 12.6. The summed E-state index contributed by atoms with van der Waals surface area (Å²) in [4.78, 5) is 20.8. The molecule has 0 aromatic carbocycles. The molecule has 1 aromatic rings. The molecule has 0 bridgehead atoms. The summed E-state index contributed by atoms with van der Waals surface area (Å²) in [5.74, 6) is 0. The Bertz CT molecular complexity index is 454. The quantitative estimate of drug-likeness (QED) is 0.913. The third-order valence-corrected chi connectivity index (χ3v) is 4.19. The van der Waals surface area contributed by atoms with Crippen molar-refractivity contribution in [1.82, 2.24) is 20.1 Å². The number of hydrogen-bond donors (Lipinski definition) is 1. The Balaban J connectivity index is 0.00000121. The van der Waals surface area contributed by atoms with E-state index in [1.165, 1.54) is 0 Å². The fourth-order valence-corrected chi connectivity index (χ4v) is 3.12. The zero-order valence-electron chi connectivity index (χ0n) is 12.6. The van der Waals surface area contributed by atoms with Gasteiger partial charge >= 0.3 is 6.03 Å². The molecule has 2 aliphatic heterocycles. The lowest BCUT2D eigenvalue weighted by atomic mass is 10.0. The van der Waals surface area contributed by atoms with E-state index < -0.39 is 0 Å². The van der Waals surface area contributed by atoms with Crippen molar-refractivity contribution in [3.05, 3.63) is 30.1 Å². The number of urea groups is 1. The van der Waals surface area contributed by atoms with E-state index in [4.69, 9.17) is 0 Å². The van der Waals surface area contributed by atoms with Gasteiger partial charge in [0.1, 0.15) is 0 Å². The summed E-state index contributed by atoms with van der Waals surface area (Å²) >= 11 is 0. The van der Waals surface area contributed by atoms with Crippen LogP contribution in [0.25, 0.3) is 0 Å². The number of rotatable bonds is 3. The maximum absolute atomic E-state index is 12.6. The zero-order valence-corrected chi connectivity index (χ0v) is 14.2. The Morgan fingerprint density at radius 1 is 1.23 bits per heavy atom. The zero-order chi connectivity index (χ0) is 13.8. The van der Waals surface area contributed by atoms with E-state index in [9.17, 15) is 4.79 Å². The summed E-state index contributed by atoms with van der Waals surface area (Å²) in [5.41, 5.74) is 1.10. The fraction of sp³-hybridized carbons (Fsp3) is 0.600. The van der Waals surface area contributed by atoms with Crippen LogP contribution in [0.4, 0.5) is 4.79 Å². The highest BCUT2D eigenvalue weighted by Crippen LogP contribution is 2.20. The molecule has 7 heteroatoms. The fourth-order valence-electron chi connectivity index (χ4n) is 3.12. The molecule has 2 aliphatic rings. The van der Waals surface area contributed by atoms with E-state index in [2.05, 4.69) is 15.2 Å². The Morgan fingerprint density at radius 3 is 2.68 bits per heavy atom. The standard InChI is InChI=1S/C15H22N4O.2ClH/c20-15-18(12-13-3-1-6-17-11-13)9-2-10-19(15)14-4-7-16-8-5-14;;/h1,3,6,11,14,16H,2,4-5,7-10,12H2;2*1H. The number of hydrogen-bond acceptors (Lipinski definition) is 3. The number of carbonyl (C=O) groups excluding carboxylic acids is 1. The molecule has 3 heterocycles. The number of carbonyl (C=O) groups is 1. The molecular weight excluding hydrogens is 323 g/mol. The van der Waals surface area contributed by atoms with Crippen LogP contribution in [0.2, 0.25) is 0 Å². The van der Waals surface area contributed by atoms with Crippen LogP contribution in [0.3, 0.4) is 0 Å². The van der Waals surface area contributed by atoms with Crippen molar-refractivity contribution in [3.8, 4) is 0 Å². The van der Waals surface area contributed by atoms with Crippen LogP contribution in [0, 0.1) is 0 Å². The second-order valence-corrected chi connectivity index (χ2v) is 5.59. The normalized spacial score (nSPS) is 19.4. The van der Waals surface area contributed by atoms with E-state index in [0.29, 0.717) is 12.6 Å². The van der Waals surface area contributed by atoms with Crippen molar-refractivity contribution in [2.75, 3.05) is 26.2 Å². The SMILES string of the molecule is Cl.Cl.O=C1N(Cc2cccnc2)CCCN1C1CCNCC1. The topological polar surface area (TPSA) is 48.5 Å². The van der Waals surface area contributed by atoms with E-state index in [1.54, 1.807) is 6.20 Å². The lowest BCUT2D eigenvalue weighted by Gasteiger charge is -2.41. The van der Waals surface area contributed by atoms with Gasteiger partial charge in [-0.1, -0.05) is 6.07 Å². The van der Waals surface area contributed by atoms with Crippen LogP contribution in [-0.4, -0.2) is 53.0 Å². The minimum absolute atomic E-state index is 0. The molecular formula is C15H24Cl2N4O. The Hall–Kier alpha value is -1.04. The predicted molar refractivity (Wildman–Crippen MR) is 91.8 cm³/mol. The number of pyridine rings is 1. The van der Waals surface area contributed by atoms with Gasteiger partial charge < -0.3 is 15.1 Å². The predicted octanol–water partition coefficient (Wildman–Crippen LogP) is 2.30. The maximum Gasteiger partial charge on any atom is 0.320 e. The molecule has 3 rings (SSSR count). The number of aromatic nitrogens is 1. The van der Waals surface area contributed by atoms with Crippen LogP contribution in [0.5, 0.6) is 0 Å². The van der Waals surface area contributed by atoms with Crippen LogP contribution in [0.1, 0.15) is 24.8 Å². The van der Waals surface area contributed by atoms with E-state index in [-0.39, 0.29) is 30.8 Å². The first kappa shape index (κ1) is 19.0. The molecule has 0 radical (unpaired) electrons. The summed E-state index contributed by atoms with van der Waals surface area (Å²) in [5, 5.41) is 3.36. The van der Waals surface area contributed by atoms with Gasteiger partial charge in [0.25, 0.3) is 0 Å². The van der Waals surface area contributed by atoms with Gasteiger partial charge in [-0.3, -0.25) is 4.98 Å². The molecule has 2 fully saturated rings. The van der Waals surface area contributed by atoms with Gasteiger partial charge in [0, 0.05) is 38.1 Å². The van der Waals surface area contributed by atoms with Gasteiger partial charge in [-0.15, -0.1) is 24.8 Å². The molecule has 0 atom stereocenters. The van der Waals surface area contributed by atoms with Crippen LogP contribution in [-0.2, 0) is 6.54 Å². The van der Waals surface area contributed by atoms with Crippen molar-refractivity contribution >= 4 is 30.8 Å². The second kappa shape index (κ2) is 9.18. The van der Waals surface area contributed by atoms with Crippen molar-refractivity contribution in [2.24, 2.45) is 0 Å². The summed E-state index contributed by atoms with van der Waals surface area (Å²) in [6, 6.07) is 4.57. The summed E-state index contributed by atoms with van der Waals surface area (Å²) in [6.07, 6.45) is 6.83. The highest BCUT2D eigenvalue weighted by molar-refractivity contribution is 5.85. The third kappa shape index (κ3) is 4.48. The van der Waals surface area contributed by atoms with Crippen LogP contribution >= 0.6 is 24.8 Å². The number of piperidine rings is 1. The Labute approximate surface area is 144 Å². The first-order chi connectivity index (χ1) is 9.84. The molecule has 0 spiro atoms. The van der Waals surface area contributed by atoms with Gasteiger partial charge in [0.15, 0.2) is 0 Å². The van der Waals surface area contributed by atoms with Crippen LogP contribution in [0.15, 0.2) is 24.5 Å². The van der Waals surface area contributed by atoms with Gasteiger partial charge in [0.2, 0.25) is 0 Å². The van der Waals surface area contributed by atoms with E-state index in [0.717, 1.165) is 51.0 Å². The molecule has 1 aromatic heterocycles. The summed E-state index contributed by atoms with van der Waals surface area (Å²) in [7, 11) is 0. The first-order valence-corrected chi connectivity index (χ1v) is 7.50. The van der Waals surface area contributed by atoms with Crippen molar-refractivity contribution in [2.45, 2.75) is 31.8 Å². The van der Waals surface area contributed by atoms with Crippen molar-refractivity contribution < 1.29 is 4.79 Å². The van der Waals surface area contributed by atoms with Gasteiger partial charge in [-0.2, -0.15) is 0 Å². The molecule has 2 amide bonds. The first-order valence-electron chi connectivity index (χ1n) is 7.50. The van der Waals surface area contributed by atoms with Crippen molar-refractivity contribution in [3.63, 3.8) is 0 Å². The smallest absolute Gasteiger partial charge is 0.320 e. The third-order valence-electron chi connectivity index (χ3n) is 4.19. The molecule has 0 aliphatic carbocycles. The van der Waals surface area contributed by atoms with Gasteiger partial charge in [0.05, 0.1) is 0 Å².